The largest absolute Gasteiger partial charge is 0.340 e. The van der Waals surface area contributed by atoms with Crippen molar-refractivity contribution in [2.24, 2.45) is 10.7 Å². The van der Waals surface area contributed by atoms with Crippen molar-refractivity contribution < 1.29 is 4.79 Å². The molecule has 5 nitrogen and oxygen atoms in total. The fourth-order valence-electron chi connectivity index (χ4n) is 1.81. The van der Waals surface area contributed by atoms with Crippen molar-refractivity contribution >= 4 is 11.7 Å². The molecule has 0 saturated carbocycles. The van der Waals surface area contributed by atoms with E-state index in [1.807, 2.05) is 6.92 Å². The van der Waals surface area contributed by atoms with E-state index < -0.39 is 0 Å². The van der Waals surface area contributed by atoms with Crippen molar-refractivity contribution in [3.8, 4) is 0 Å². The molecule has 1 amide bonds. The molecule has 1 rings (SSSR count). The molecule has 0 saturated heterocycles. The Morgan fingerprint density at radius 1 is 1.73 bits per heavy atom. The lowest BCUT2D eigenvalue weighted by molar-refractivity contribution is -0.120. The number of nitrogens with one attached hydrogen (secondary N) is 1. The van der Waals surface area contributed by atoms with E-state index in [2.05, 4.69) is 15.2 Å². The van der Waals surface area contributed by atoms with Crippen LogP contribution in [0, 0.1) is 0 Å². The molecule has 0 bridgehead atoms. The highest BCUT2D eigenvalue weighted by atomic mass is 16.1. The van der Waals surface area contributed by atoms with Gasteiger partial charge in [-0.3, -0.25) is 9.79 Å². The summed E-state index contributed by atoms with van der Waals surface area (Å²) in [6, 6.07) is 0. The molecule has 0 aliphatic carbocycles. The van der Waals surface area contributed by atoms with Crippen LogP contribution >= 0.6 is 0 Å². The lowest BCUT2D eigenvalue weighted by Gasteiger charge is -2.35. The van der Waals surface area contributed by atoms with E-state index in [-0.39, 0.29) is 12.1 Å². The molecule has 1 aliphatic rings. The van der Waals surface area contributed by atoms with Gasteiger partial charge in [-0.05, 0) is 26.3 Å². The van der Waals surface area contributed by atoms with Gasteiger partial charge < -0.3 is 16.0 Å². The molecule has 0 aromatic rings. The van der Waals surface area contributed by atoms with Gasteiger partial charge in [0.1, 0.15) is 6.17 Å². The molecule has 0 aromatic heterocycles. The average molecular weight is 212 g/mol. The van der Waals surface area contributed by atoms with Crippen LogP contribution in [0.1, 0.15) is 26.7 Å². The maximum absolute atomic E-state index is 11.1. The molecule has 15 heavy (non-hydrogen) atoms. The van der Waals surface area contributed by atoms with Crippen molar-refractivity contribution in [2.75, 3.05) is 19.6 Å². The Morgan fingerprint density at radius 3 is 3.00 bits per heavy atom. The number of nitrogens with zero attached hydrogens (tertiary/aromatic N) is 2. The normalized spacial score (nSPS) is 18.3. The van der Waals surface area contributed by atoms with Crippen LogP contribution in [0.5, 0.6) is 0 Å². The lowest BCUT2D eigenvalue weighted by atomic mass is 10.2. The van der Waals surface area contributed by atoms with Crippen LogP contribution in [0.2, 0.25) is 0 Å². The molecule has 1 heterocycles. The van der Waals surface area contributed by atoms with Gasteiger partial charge in [0.25, 0.3) is 0 Å². The van der Waals surface area contributed by atoms with Crippen LogP contribution in [0.25, 0.3) is 0 Å². The third kappa shape index (κ3) is 3.51. The second-order valence-electron chi connectivity index (χ2n) is 3.77. The quantitative estimate of drug-likeness (QED) is 0.685. The Hall–Kier alpha value is -1.10. The van der Waals surface area contributed by atoms with Gasteiger partial charge >= 0.3 is 0 Å². The smallest absolute Gasteiger partial charge is 0.218 e. The van der Waals surface area contributed by atoms with Gasteiger partial charge in [0.2, 0.25) is 5.91 Å². The number of nitrogens with two attached hydrogens (primary N) is 1. The van der Waals surface area contributed by atoms with E-state index in [0.717, 1.165) is 31.8 Å². The molecule has 1 atom stereocenters. The minimum atomic E-state index is -0.0215. The summed E-state index contributed by atoms with van der Waals surface area (Å²) in [5.41, 5.74) is 5.54. The zero-order valence-corrected chi connectivity index (χ0v) is 9.49. The number of hydrogen-bond donors (Lipinski definition) is 2. The number of rotatable bonds is 4. The van der Waals surface area contributed by atoms with Gasteiger partial charge in [-0.2, -0.15) is 0 Å². The molecule has 5 heteroatoms. The summed E-state index contributed by atoms with van der Waals surface area (Å²) in [5.74, 6) is 0.972. The first-order chi connectivity index (χ1) is 7.15. The SMILES string of the molecule is CC(=O)NC(CCN)N1CCCN=C1C. The molecular weight excluding hydrogens is 192 g/mol. The molecule has 0 fully saturated rings. The van der Waals surface area contributed by atoms with Crippen molar-refractivity contribution in [1.29, 1.82) is 0 Å². The monoisotopic (exact) mass is 212 g/mol. The third-order valence-corrected chi connectivity index (χ3v) is 2.50. The highest BCUT2D eigenvalue weighted by Crippen LogP contribution is 2.08. The minimum absolute atomic E-state index is 0.00319. The number of amidine groups is 1. The third-order valence-electron chi connectivity index (χ3n) is 2.50. The molecule has 1 unspecified atom stereocenters. The summed E-state index contributed by atoms with van der Waals surface area (Å²) in [7, 11) is 0. The summed E-state index contributed by atoms with van der Waals surface area (Å²) in [5, 5.41) is 2.91. The molecule has 1 aliphatic heterocycles. The summed E-state index contributed by atoms with van der Waals surface area (Å²) in [6.45, 7) is 5.90. The first-order valence-electron chi connectivity index (χ1n) is 5.40. The Balaban J connectivity index is 2.64. The van der Waals surface area contributed by atoms with E-state index in [1.165, 1.54) is 6.92 Å². The number of carbonyl (C=O) groups is 1. The van der Waals surface area contributed by atoms with E-state index in [9.17, 15) is 4.79 Å². The Kier molecular flexibility index (Phi) is 4.55. The van der Waals surface area contributed by atoms with Crippen molar-refractivity contribution in [3.05, 3.63) is 0 Å². The molecule has 0 aromatic carbocycles. The molecule has 0 spiro atoms. The predicted molar refractivity (Wildman–Crippen MR) is 60.6 cm³/mol. The van der Waals surface area contributed by atoms with Gasteiger partial charge in [0.15, 0.2) is 0 Å². The van der Waals surface area contributed by atoms with Gasteiger partial charge in [-0.15, -0.1) is 0 Å². The van der Waals surface area contributed by atoms with Gasteiger partial charge in [-0.1, -0.05) is 0 Å². The molecule has 86 valence electrons. The predicted octanol–water partition coefficient (Wildman–Crippen LogP) is -0.0785. The van der Waals surface area contributed by atoms with E-state index >= 15 is 0 Å². The lowest BCUT2D eigenvalue weighted by Crippen LogP contribution is -2.52. The van der Waals surface area contributed by atoms with Crippen LogP contribution in [-0.2, 0) is 4.79 Å². The van der Waals surface area contributed by atoms with Crippen molar-refractivity contribution in [3.63, 3.8) is 0 Å². The van der Waals surface area contributed by atoms with Crippen LogP contribution in [-0.4, -0.2) is 42.4 Å². The maximum Gasteiger partial charge on any atom is 0.218 e. The van der Waals surface area contributed by atoms with Crippen LogP contribution < -0.4 is 11.1 Å². The first-order valence-corrected chi connectivity index (χ1v) is 5.40. The fraction of sp³-hybridized carbons (Fsp3) is 0.800. The summed E-state index contributed by atoms with van der Waals surface area (Å²) >= 11 is 0. The number of aliphatic imine (C=N–C) groups is 1. The summed E-state index contributed by atoms with van der Waals surface area (Å²) in [6.07, 6.45) is 1.79. The zero-order valence-electron chi connectivity index (χ0n) is 9.49. The van der Waals surface area contributed by atoms with E-state index in [4.69, 9.17) is 5.73 Å². The number of hydrogen-bond acceptors (Lipinski definition) is 4. The molecule has 0 radical (unpaired) electrons. The number of carbonyl (C=O) groups excluding carboxylic acids is 1. The van der Waals surface area contributed by atoms with Gasteiger partial charge in [0, 0.05) is 20.0 Å². The van der Waals surface area contributed by atoms with Crippen LogP contribution in [0.3, 0.4) is 0 Å². The Morgan fingerprint density at radius 2 is 2.47 bits per heavy atom. The average Bonchev–Trinajstić information content (AvgIpc) is 2.17. The second kappa shape index (κ2) is 5.70. The second-order valence-corrected chi connectivity index (χ2v) is 3.77. The van der Waals surface area contributed by atoms with Gasteiger partial charge in [0.05, 0.1) is 5.84 Å². The Bertz CT molecular complexity index is 252. The van der Waals surface area contributed by atoms with Crippen LogP contribution in [0.4, 0.5) is 0 Å². The zero-order chi connectivity index (χ0) is 11.3. The maximum atomic E-state index is 11.1. The standard InChI is InChI=1S/C10H20N4O/c1-8-12-6-3-7-14(8)10(4-5-11)13-9(2)15/h10H,3-7,11H2,1-2H3,(H,13,15). The number of amides is 1. The fourth-order valence-corrected chi connectivity index (χ4v) is 1.81. The van der Waals surface area contributed by atoms with Gasteiger partial charge in [-0.25, -0.2) is 0 Å². The van der Waals surface area contributed by atoms with E-state index in [0.29, 0.717) is 6.54 Å². The highest BCUT2D eigenvalue weighted by molar-refractivity contribution is 5.81. The minimum Gasteiger partial charge on any atom is -0.340 e. The highest BCUT2D eigenvalue weighted by Gasteiger charge is 2.21. The van der Waals surface area contributed by atoms with Crippen molar-refractivity contribution in [2.45, 2.75) is 32.9 Å². The molecular formula is C10H20N4O. The molecule has 3 N–H and O–H groups in total. The first kappa shape index (κ1) is 12.0. The van der Waals surface area contributed by atoms with Crippen LogP contribution in [0.15, 0.2) is 4.99 Å². The summed E-state index contributed by atoms with van der Waals surface area (Å²) < 4.78 is 0. The Labute approximate surface area is 90.7 Å². The summed E-state index contributed by atoms with van der Waals surface area (Å²) in [4.78, 5) is 17.6. The van der Waals surface area contributed by atoms with E-state index in [1.54, 1.807) is 0 Å². The topological polar surface area (TPSA) is 70.7 Å². The van der Waals surface area contributed by atoms with Crippen molar-refractivity contribution in [1.82, 2.24) is 10.2 Å².